The van der Waals surface area contributed by atoms with Crippen LogP contribution in [0.25, 0.3) is 56.2 Å². The summed E-state index contributed by atoms with van der Waals surface area (Å²) in [5.41, 5.74) is 14.1. The summed E-state index contributed by atoms with van der Waals surface area (Å²) in [5.74, 6) is 2.48. The van der Waals surface area contributed by atoms with Crippen molar-refractivity contribution in [1.29, 1.82) is 0 Å². The molecular weight excluding hydrogens is 609 g/mol. The molecular formula is C47H30N2O. The van der Waals surface area contributed by atoms with E-state index in [-0.39, 0.29) is 0 Å². The first-order valence-corrected chi connectivity index (χ1v) is 17.0. The van der Waals surface area contributed by atoms with Crippen LogP contribution in [0.2, 0.25) is 0 Å². The molecule has 0 saturated heterocycles. The van der Waals surface area contributed by atoms with Gasteiger partial charge in [-0.2, -0.15) is 0 Å². The highest BCUT2D eigenvalue weighted by Crippen LogP contribution is 2.62. The smallest absolute Gasteiger partial charge is 0.160 e. The molecule has 0 amide bonds. The average molecular weight is 639 g/mol. The van der Waals surface area contributed by atoms with Crippen LogP contribution < -0.4 is 4.74 Å². The summed E-state index contributed by atoms with van der Waals surface area (Å²) in [6.07, 6.45) is 0. The molecule has 2 aliphatic rings. The lowest BCUT2D eigenvalue weighted by Crippen LogP contribution is -2.32. The Balaban J connectivity index is 1.11. The van der Waals surface area contributed by atoms with Crippen molar-refractivity contribution in [3.8, 4) is 67.7 Å². The van der Waals surface area contributed by atoms with E-state index in [1.807, 2.05) is 36.4 Å². The van der Waals surface area contributed by atoms with Gasteiger partial charge in [-0.05, 0) is 57.6 Å². The maximum absolute atomic E-state index is 6.64. The number of para-hydroxylation sites is 1. The number of hydrogen-bond donors (Lipinski definition) is 0. The van der Waals surface area contributed by atoms with E-state index in [2.05, 4.69) is 146 Å². The van der Waals surface area contributed by atoms with Gasteiger partial charge in [0.25, 0.3) is 0 Å². The molecule has 0 unspecified atom stereocenters. The maximum Gasteiger partial charge on any atom is 0.160 e. The number of aromatic nitrogens is 2. The number of rotatable bonds is 4. The van der Waals surface area contributed by atoms with Crippen LogP contribution in [0.3, 0.4) is 0 Å². The lowest BCUT2D eigenvalue weighted by molar-refractivity contribution is 0.436. The number of benzene rings is 7. The molecule has 2 heterocycles. The number of fused-ring (bicyclic) bond motifs is 9. The summed E-state index contributed by atoms with van der Waals surface area (Å²) in [5, 5.41) is 0. The Morgan fingerprint density at radius 1 is 0.340 bits per heavy atom. The third kappa shape index (κ3) is 4.30. The summed E-state index contributed by atoms with van der Waals surface area (Å²) in [6, 6.07) is 64.1. The molecule has 3 heteroatoms. The Labute approximate surface area is 291 Å². The van der Waals surface area contributed by atoms with Crippen LogP contribution in [0.15, 0.2) is 182 Å². The highest BCUT2D eigenvalue weighted by Gasteiger charge is 2.50. The van der Waals surface area contributed by atoms with Crippen LogP contribution in [0.4, 0.5) is 0 Å². The topological polar surface area (TPSA) is 35.0 Å². The van der Waals surface area contributed by atoms with Gasteiger partial charge in [-0.1, -0.05) is 158 Å². The molecule has 234 valence electrons. The van der Waals surface area contributed by atoms with Crippen molar-refractivity contribution >= 4 is 0 Å². The summed E-state index contributed by atoms with van der Waals surface area (Å²) in [6.45, 7) is 0. The van der Waals surface area contributed by atoms with Crippen molar-refractivity contribution in [2.75, 3.05) is 0 Å². The van der Waals surface area contributed by atoms with Gasteiger partial charge in [0.1, 0.15) is 11.5 Å². The first-order chi connectivity index (χ1) is 24.8. The molecule has 0 radical (unpaired) electrons. The predicted molar refractivity (Wildman–Crippen MR) is 201 cm³/mol. The molecule has 1 spiro atoms. The number of nitrogens with zero attached hydrogens (tertiary/aromatic N) is 2. The molecule has 1 aromatic heterocycles. The van der Waals surface area contributed by atoms with Gasteiger partial charge in [-0.3, -0.25) is 0 Å². The van der Waals surface area contributed by atoms with Crippen LogP contribution in [0, 0.1) is 0 Å². The molecule has 0 saturated carbocycles. The lowest BCUT2D eigenvalue weighted by atomic mass is 9.66. The average Bonchev–Trinajstić information content (AvgIpc) is 3.49. The van der Waals surface area contributed by atoms with E-state index in [1.54, 1.807) is 0 Å². The molecule has 50 heavy (non-hydrogen) atoms. The van der Waals surface area contributed by atoms with Crippen LogP contribution in [-0.4, -0.2) is 9.97 Å². The Morgan fingerprint density at radius 3 is 1.44 bits per heavy atom. The largest absolute Gasteiger partial charge is 0.457 e. The number of ether oxygens (including phenoxy) is 1. The molecule has 0 fully saturated rings. The summed E-state index contributed by atoms with van der Waals surface area (Å²) in [7, 11) is 0. The second-order valence-electron chi connectivity index (χ2n) is 12.9. The fourth-order valence-corrected chi connectivity index (χ4v) is 7.94. The van der Waals surface area contributed by atoms with Gasteiger partial charge < -0.3 is 4.74 Å². The van der Waals surface area contributed by atoms with Gasteiger partial charge in [0.05, 0.1) is 16.8 Å². The highest BCUT2D eigenvalue weighted by atomic mass is 16.5. The third-order valence-corrected chi connectivity index (χ3v) is 10.2. The van der Waals surface area contributed by atoms with E-state index in [0.717, 1.165) is 56.3 Å². The molecule has 1 aliphatic heterocycles. The van der Waals surface area contributed by atoms with Crippen molar-refractivity contribution < 1.29 is 4.74 Å². The standard InChI is InChI=1S/C47H30N2O/c1-3-13-32(14-4-1)42-30-43(33-15-5-2-6-16-33)49-46(48-42)34-25-23-31(24-26-34)35-27-28-45-41(29-35)47(40-21-11-12-22-44(40)50-45)38-19-9-7-17-36(38)37-18-8-10-20-39(37)47/h1-30H. The van der Waals surface area contributed by atoms with E-state index < -0.39 is 5.41 Å². The van der Waals surface area contributed by atoms with Gasteiger partial charge in [0.15, 0.2) is 5.82 Å². The second kappa shape index (κ2) is 11.3. The van der Waals surface area contributed by atoms with Crippen molar-refractivity contribution in [2.45, 2.75) is 5.41 Å². The molecule has 0 N–H and O–H groups in total. The molecule has 0 atom stereocenters. The Bertz CT molecular complexity index is 2450. The fraction of sp³-hybridized carbons (Fsp3) is 0.0213. The summed E-state index contributed by atoms with van der Waals surface area (Å²) < 4.78 is 6.64. The highest BCUT2D eigenvalue weighted by molar-refractivity contribution is 5.89. The molecule has 10 rings (SSSR count). The quantitative estimate of drug-likeness (QED) is 0.192. The van der Waals surface area contributed by atoms with E-state index in [4.69, 9.17) is 14.7 Å². The zero-order valence-electron chi connectivity index (χ0n) is 27.1. The molecule has 1 aliphatic carbocycles. The first-order valence-electron chi connectivity index (χ1n) is 17.0. The van der Waals surface area contributed by atoms with E-state index in [0.29, 0.717) is 5.82 Å². The van der Waals surface area contributed by atoms with Gasteiger partial charge in [0, 0.05) is 27.8 Å². The predicted octanol–water partition coefficient (Wildman–Crippen LogP) is 11.6. The second-order valence-corrected chi connectivity index (χ2v) is 12.9. The Morgan fingerprint density at radius 2 is 0.820 bits per heavy atom. The van der Waals surface area contributed by atoms with Crippen LogP contribution in [-0.2, 0) is 5.41 Å². The van der Waals surface area contributed by atoms with Crippen molar-refractivity contribution in [3.05, 3.63) is 204 Å². The van der Waals surface area contributed by atoms with E-state index in [9.17, 15) is 0 Å². The fourth-order valence-electron chi connectivity index (χ4n) is 7.94. The Kier molecular flexibility index (Phi) is 6.40. The minimum Gasteiger partial charge on any atom is -0.457 e. The van der Waals surface area contributed by atoms with Gasteiger partial charge in [-0.25, -0.2) is 9.97 Å². The van der Waals surface area contributed by atoms with Gasteiger partial charge in [0.2, 0.25) is 0 Å². The van der Waals surface area contributed by atoms with Crippen molar-refractivity contribution in [1.82, 2.24) is 9.97 Å². The van der Waals surface area contributed by atoms with Gasteiger partial charge in [-0.15, -0.1) is 0 Å². The lowest BCUT2D eigenvalue weighted by Gasteiger charge is -2.39. The first kappa shape index (κ1) is 28.4. The summed E-state index contributed by atoms with van der Waals surface area (Å²) in [4.78, 5) is 10.1. The molecule has 7 aromatic carbocycles. The molecule has 3 nitrogen and oxygen atoms in total. The van der Waals surface area contributed by atoms with E-state index in [1.165, 1.54) is 27.8 Å². The van der Waals surface area contributed by atoms with Crippen molar-refractivity contribution in [3.63, 3.8) is 0 Å². The minimum absolute atomic E-state index is 0.493. The summed E-state index contributed by atoms with van der Waals surface area (Å²) >= 11 is 0. The third-order valence-electron chi connectivity index (χ3n) is 10.2. The van der Waals surface area contributed by atoms with Crippen molar-refractivity contribution in [2.24, 2.45) is 0 Å². The SMILES string of the molecule is c1ccc(-c2cc(-c3ccccc3)nc(-c3ccc(-c4ccc5c(c4)C4(c6ccccc6O5)c5ccccc5-c5ccccc54)cc3)n2)cc1. The Hall–Kier alpha value is -6.58. The molecule has 8 aromatic rings. The normalized spacial score (nSPS) is 13.1. The monoisotopic (exact) mass is 638 g/mol. The van der Waals surface area contributed by atoms with E-state index >= 15 is 0 Å². The maximum atomic E-state index is 6.64. The van der Waals surface area contributed by atoms with Gasteiger partial charge >= 0.3 is 0 Å². The zero-order valence-corrected chi connectivity index (χ0v) is 27.1. The zero-order chi connectivity index (χ0) is 33.1. The van der Waals surface area contributed by atoms with Crippen LogP contribution in [0.5, 0.6) is 11.5 Å². The molecule has 0 bridgehead atoms. The van der Waals surface area contributed by atoms with Crippen LogP contribution >= 0.6 is 0 Å². The van der Waals surface area contributed by atoms with Crippen LogP contribution in [0.1, 0.15) is 22.3 Å². The minimum atomic E-state index is -0.493. The number of hydrogen-bond acceptors (Lipinski definition) is 3.